The molecule has 1 aromatic carbocycles. The molecule has 0 unspecified atom stereocenters. The number of hydrogen-bond donors (Lipinski definition) is 1. The first-order valence-corrected chi connectivity index (χ1v) is 6.65. The van der Waals surface area contributed by atoms with Gasteiger partial charge in [0.1, 0.15) is 6.61 Å². The van der Waals surface area contributed by atoms with Gasteiger partial charge in [-0.05, 0) is 12.1 Å². The van der Waals surface area contributed by atoms with Crippen molar-refractivity contribution in [3.8, 4) is 5.75 Å². The minimum atomic E-state index is -3.19. The third-order valence-electron chi connectivity index (χ3n) is 1.92. The molecule has 0 amide bonds. The van der Waals surface area contributed by atoms with Crippen LogP contribution < -0.4 is 10.5 Å². The first-order chi connectivity index (χ1) is 7.55. The molecule has 16 heavy (non-hydrogen) atoms. The van der Waals surface area contributed by atoms with Crippen LogP contribution in [0.5, 0.6) is 5.75 Å². The summed E-state index contributed by atoms with van der Waals surface area (Å²) in [5, 5.41) is 0. The average Bonchev–Trinajstić information content (AvgIpc) is 2.20. The molecule has 0 aromatic heterocycles. The van der Waals surface area contributed by atoms with Crippen molar-refractivity contribution >= 4 is 9.84 Å². The number of rotatable bonds is 6. The summed E-state index contributed by atoms with van der Waals surface area (Å²) in [6.07, 6.45) is 0. The van der Waals surface area contributed by atoms with E-state index < -0.39 is 15.7 Å². The van der Waals surface area contributed by atoms with Crippen LogP contribution in [0.25, 0.3) is 0 Å². The third kappa shape index (κ3) is 4.16. The van der Waals surface area contributed by atoms with Crippen LogP contribution in [-0.2, 0) is 9.84 Å². The zero-order valence-electron chi connectivity index (χ0n) is 8.73. The minimum Gasteiger partial charge on any atom is -0.489 e. The second-order valence-corrected chi connectivity index (χ2v) is 5.52. The van der Waals surface area contributed by atoms with E-state index in [0.29, 0.717) is 0 Å². The fourth-order valence-corrected chi connectivity index (χ4v) is 2.02. The van der Waals surface area contributed by atoms with Crippen LogP contribution in [0.1, 0.15) is 0 Å². The maximum atomic E-state index is 13.1. The Kier molecular flexibility index (Phi) is 4.70. The predicted molar refractivity (Wildman–Crippen MR) is 59.6 cm³/mol. The summed E-state index contributed by atoms with van der Waals surface area (Å²) in [5.74, 6) is -0.671. The number of ether oxygens (including phenoxy) is 1. The molecule has 90 valence electrons. The maximum absolute atomic E-state index is 13.1. The van der Waals surface area contributed by atoms with Crippen LogP contribution in [0, 0.1) is 5.82 Å². The monoisotopic (exact) mass is 247 g/mol. The van der Waals surface area contributed by atoms with Crippen molar-refractivity contribution in [1.29, 1.82) is 0 Å². The number of halogens is 1. The number of nitrogens with two attached hydrogens (primary N) is 1. The van der Waals surface area contributed by atoms with E-state index in [9.17, 15) is 12.8 Å². The molecular weight excluding hydrogens is 233 g/mol. The van der Waals surface area contributed by atoms with Crippen molar-refractivity contribution < 1.29 is 17.5 Å². The second-order valence-electron chi connectivity index (χ2n) is 3.22. The van der Waals surface area contributed by atoms with E-state index in [2.05, 4.69) is 0 Å². The van der Waals surface area contributed by atoms with Crippen LogP contribution in [0.15, 0.2) is 24.3 Å². The van der Waals surface area contributed by atoms with Gasteiger partial charge in [-0.1, -0.05) is 12.1 Å². The third-order valence-corrected chi connectivity index (χ3v) is 3.56. The Morgan fingerprint density at radius 1 is 1.25 bits per heavy atom. The smallest absolute Gasteiger partial charge is 0.165 e. The molecule has 0 fully saturated rings. The molecule has 1 aromatic rings. The Balaban J connectivity index is 2.45. The molecule has 0 heterocycles. The zero-order chi connectivity index (χ0) is 12.0. The SMILES string of the molecule is NCCS(=O)(=O)CCOc1ccccc1F. The molecule has 0 radical (unpaired) electrons. The van der Waals surface area contributed by atoms with Gasteiger partial charge in [0.25, 0.3) is 0 Å². The van der Waals surface area contributed by atoms with E-state index in [0.717, 1.165) is 0 Å². The summed E-state index contributed by atoms with van der Waals surface area (Å²) in [6.45, 7) is 0.0191. The number of hydrogen-bond acceptors (Lipinski definition) is 4. The Bertz CT molecular complexity index is 433. The van der Waals surface area contributed by atoms with Gasteiger partial charge < -0.3 is 10.5 Å². The lowest BCUT2D eigenvalue weighted by molar-refractivity contribution is 0.322. The average molecular weight is 247 g/mol. The molecular formula is C10H14FNO3S. The van der Waals surface area contributed by atoms with Crippen LogP contribution in [0.2, 0.25) is 0 Å². The second kappa shape index (κ2) is 5.81. The van der Waals surface area contributed by atoms with Crippen molar-refractivity contribution in [1.82, 2.24) is 0 Å². The first kappa shape index (κ1) is 12.9. The molecule has 0 saturated carbocycles. The van der Waals surface area contributed by atoms with Crippen LogP contribution in [0.3, 0.4) is 0 Å². The van der Waals surface area contributed by atoms with Crippen LogP contribution in [-0.4, -0.2) is 33.1 Å². The van der Waals surface area contributed by atoms with Crippen molar-refractivity contribution in [2.75, 3.05) is 24.7 Å². The summed E-state index contributed by atoms with van der Waals surface area (Å²) < 4.78 is 40.6. The normalized spacial score (nSPS) is 11.4. The molecule has 1 rings (SSSR count). The van der Waals surface area contributed by atoms with Crippen LogP contribution in [0.4, 0.5) is 4.39 Å². The fourth-order valence-electron chi connectivity index (χ4n) is 1.12. The Morgan fingerprint density at radius 2 is 1.94 bits per heavy atom. The molecule has 0 spiro atoms. The topological polar surface area (TPSA) is 69.4 Å². The number of benzene rings is 1. The largest absolute Gasteiger partial charge is 0.489 e. The highest BCUT2D eigenvalue weighted by Gasteiger charge is 2.10. The van der Waals surface area contributed by atoms with Gasteiger partial charge in [0.15, 0.2) is 21.4 Å². The van der Waals surface area contributed by atoms with Gasteiger partial charge in [-0.2, -0.15) is 0 Å². The first-order valence-electron chi connectivity index (χ1n) is 4.83. The van der Waals surface area contributed by atoms with Crippen molar-refractivity contribution in [3.63, 3.8) is 0 Å². The summed E-state index contributed by atoms with van der Waals surface area (Å²) in [5.41, 5.74) is 5.14. The quantitative estimate of drug-likeness (QED) is 0.798. The zero-order valence-corrected chi connectivity index (χ0v) is 9.54. The molecule has 0 saturated heterocycles. The maximum Gasteiger partial charge on any atom is 0.165 e. The van der Waals surface area contributed by atoms with Gasteiger partial charge in [0.2, 0.25) is 0 Å². The van der Waals surface area contributed by atoms with E-state index in [1.165, 1.54) is 18.2 Å². The molecule has 2 N–H and O–H groups in total. The molecule has 4 nitrogen and oxygen atoms in total. The Morgan fingerprint density at radius 3 is 2.56 bits per heavy atom. The Hall–Kier alpha value is -1.14. The fraction of sp³-hybridized carbons (Fsp3) is 0.400. The minimum absolute atomic E-state index is 0.0606. The number of sulfone groups is 1. The molecule has 0 aliphatic heterocycles. The van der Waals surface area contributed by atoms with E-state index in [1.54, 1.807) is 6.07 Å². The molecule has 0 aliphatic rings. The summed E-state index contributed by atoms with van der Waals surface area (Å²) in [6, 6.07) is 5.86. The summed E-state index contributed by atoms with van der Waals surface area (Å²) >= 11 is 0. The molecule has 0 bridgehead atoms. The van der Waals surface area contributed by atoms with Crippen molar-refractivity contribution in [2.45, 2.75) is 0 Å². The predicted octanol–water partition coefficient (Wildman–Crippen LogP) is 0.578. The van der Waals surface area contributed by atoms with Gasteiger partial charge in [-0.25, -0.2) is 12.8 Å². The highest BCUT2D eigenvalue weighted by Crippen LogP contribution is 2.15. The standard InChI is InChI=1S/C10H14FNO3S/c11-9-3-1-2-4-10(9)15-6-8-16(13,14)7-5-12/h1-4H,5-8,12H2. The van der Waals surface area contributed by atoms with Gasteiger partial charge in [0, 0.05) is 6.54 Å². The van der Waals surface area contributed by atoms with E-state index in [1.807, 2.05) is 0 Å². The van der Waals surface area contributed by atoms with Gasteiger partial charge >= 0.3 is 0 Å². The lowest BCUT2D eigenvalue weighted by Gasteiger charge is -2.07. The molecule has 0 aliphatic carbocycles. The summed E-state index contributed by atoms with van der Waals surface area (Å²) in [7, 11) is -3.19. The Labute approximate surface area is 94.1 Å². The van der Waals surface area contributed by atoms with E-state index in [4.69, 9.17) is 10.5 Å². The van der Waals surface area contributed by atoms with Gasteiger partial charge in [-0.15, -0.1) is 0 Å². The lowest BCUT2D eigenvalue weighted by Crippen LogP contribution is -2.22. The highest BCUT2D eigenvalue weighted by molar-refractivity contribution is 7.91. The number of para-hydroxylation sites is 1. The van der Waals surface area contributed by atoms with Gasteiger partial charge in [-0.3, -0.25) is 0 Å². The summed E-state index contributed by atoms with van der Waals surface area (Å²) in [4.78, 5) is 0. The van der Waals surface area contributed by atoms with Crippen molar-refractivity contribution in [2.24, 2.45) is 5.73 Å². The van der Waals surface area contributed by atoms with E-state index in [-0.39, 0.29) is 30.4 Å². The molecule has 6 heteroatoms. The van der Waals surface area contributed by atoms with Gasteiger partial charge in [0.05, 0.1) is 11.5 Å². The highest BCUT2D eigenvalue weighted by atomic mass is 32.2. The van der Waals surface area contributed by atoms with Crippen molar-refractivity contribution in [3.05, 3.63) is 30.1 Å². The lowest BCUT2D eigenvalue weighted by atomic mass is 10.3. The molecule has 0 atom stereocenters. The van der Waals surface area contributed by atoms with E-state index >= 15 is 0 Å². The van der Waals surface area contributed by atoms with Crippen LogP contribution >= 0.6 is 0 Å².